The minimum absolute atomic E-state index is 0.0574. The van der Waals surface area contributed by atoms with Gasteiger partial charge in [-0.15, -0.1) is 0 Å². The quantitative estimate of drug-likeness (QED) is 0.782. The van der Waals surface area contributed by atoms with E-state index in [1.807, 2.05) is 19.9 Å². The molecule has 0 saturated heterocycles. The molecule has 1 aromatic rings. The fourth-order valence-corrected chi connectivity index (χ4v) is 2.72. The van der Waals surface area contributed by atoms with Crippen molar-refractivity contribution in [1.29, 1.82) is 0 Å². The van der Waals surface area contributed by atoms with Gasteiger partial charge in [0, 0.05) is 12.7 Å². The topological polar surface area (TPSA) is 72.5 Å². The maximum atomic E-state index is 11.9. The van der Waals surface area contributed by atoms with Gasteiger partial charge in [-0.2, -0.15) is 0 Å². The van der Waals surface area contributed by atoms with Crippen LogP contribution in [0, 0.1) is 0 Å². The molecular weight excluding hydrogens is 302 g/mol. The van der Waals surface area contributed by atoms with E-state index in [9.17, 15) is 13.2 Å². The van der Waals surface area contributed by atoms with Crippen LogP contribution in [-0.4, -0.2) is 27.7 Å². The molecule has 0 unspecified atom stereocenters. The summed E-state index contributed by atoms with van der Waals surface area (Å²) < 4.78 is 27.9. The highest BCUT2D eigenvalue weighted by Gasteiger charge is 2.11. The van der Waals surface area contributed by atoms with Crippen molar-refractivity contribution < 1.29 is 17.9 Å². The second kappa shape index (κ2) is 7.98. The number of hydrogen-bond acceptors (Lipinski definition) is 4. The predicted octanol–water partition coefficient (Wildman–Crippen LogP) is 2.92. The summed E-state index contributed by atoms with van der Waals surface area (Å²) in [6.07, 6.45) is 4.26. The van der Waals surface area contributed by atoms with Crippen LogP contribution in [0.5, 0.6) is 5.75 Å². The van der Waals surface area contributed by atoms with Gasteiger partial charge in [0.25, 0.3) is 0 Å². The average molecular weight is 325 g/mol. The summed E-state index contributed by atoms with van der Waals surface area (Å²) in [6, 6.07) is 4.97. The molecule has 6 heteroatoms. The SMILES string of the molecule is COc1cc(CS(C)(=O)=O)ccc1NC(=O)CCC=C(C)C. The van der Waals surface area contributed by atoms with Crippen LogP contribution in [0.25, 0.3) is 0 Å². The molecule has 0 aliphatic heterocycles. The highest BCUT2D eigenvalue weighted by atomic mass is 32.2. The Labute approximate surface area is 132 Å². The molecule has 0 fully saturated rings. The van der Waals surface area contributed by atoms with E-state index < -0.39 is 9.84 Å². The number of carbonyl (C=O) groups excluding carboxylic acids is 1. The Kier molecular flexibility index (Phi) is 6.61. The molecule has 0 saturated carbocycles. The van der Waals surface area contributed by atoms with Crippen molar-refractivity contribution in [1.82, 2.24) is 0 Å². The Hall–Kier alpha value is -1.82. The number of ether oxygens (including phenoxy) is 1. The molecule has 1 aromatic carbocycles. The molecular formula is C16H23NO4S. The molecule has 0 spiro atoms. The Morgan fingerprint density at radius 1 is 1.32 bits per heavy atom. The number of anilines is 1. The van der Waals surface area contributed by atoms with Gasteiger partial charge in [0.1, 0.15) is 5.75 Å². The summed E-state index contributed by atoms with van der Waals surface area (Å²) in [5.41, 5.74) is 2.35. The second-order valence-corrected chi connectivity index (χ2v) is 7.61. The van der Waals surface area contributed by atoms with Crippen molar-refractivity contribution in [2.45, 2.75) is 32.4 Å². The number of carbonyl (C=O) groups is 1. The molecule has 0 bridgehead atoms. The van der Waals surface area contributed by atoms with E-state index in [4.69, 9.17) is 4.74 Å². The van der Waals surface area contributed by atoms with Crippen LogP contribution in [0.1, 0.15) is 32.3 Å². The Bertz CT molecular complexity index is 659. The van der Waals surface area contributed by atoms with Crippen LogP contribution in [0.15, 0.2) is 29.8 Å². The predicted molar refractivity (Wildman–Crippen MR) is 88.8 cm³/mol. The van der Waals surface area contributed by atoms with Gasteiger partial charge in [-0.05, 0) is 38.0 Å². The van der Waals surface area contributed by atoms with Crippen molar-refractivity contribution in [3.8, 4) is 5.75 Å². The zero-order valence-electron chi connectivity index (χ0n) is 13.5. The summed E-state index contributed by atoms with van der Waals surface area (Å²) in [5, 5.41) is 2.78. The van der Waals surface area contributed by atoms with Crippen LogP contribution in [-0.2, 0) is 20.4 Å². The molecule has 0 heterocycles. The average Bonchev–Trinajstić information content (AvgIpc) is 2.38. The van der Waals surface area contributed by atoms with Gasteiger partial charge in [0.15, 0.2) is 9.84 Å². The monoisotopic (exact) mass is 325 g/mol. The lowest BCUT2D eigenvalue weighted by Gasteiger charge is -2.11. The van der Waals surface area contributed by atoms with Crippen molar-refractivity contribution in [3.05, 3.63) is 35.4 Å². The van der Waals surface area contributed by atoms with Crippen molar-refractivity contribution in [3.63, 3.8) is 0 Å². The molecule has 0 aromatic heterocycles. The first-order valence-corrected chi connectivity index (χ1v) is 9.05. The molecule has 22 heavy (non-hydrogen) atoms. The van der Waals surface area contributed by atoms with Crippen molar-refractivity contribution in [2.75, 3.05) is 18.7 Å². The number of rotatable bonds is 7. The van der Waals surface area contributed by atoms with Gasteiger partial charge < -0.3 is 10.1 Å². The van der Waals surface area contributed by atoms with Crippen molar-refractivity contribution in [2.24, 2.45) is 0 Å². The number of sulfone groups is 1. The molecule has 5 nitrogen and oxygen atoms in total. The molecule has 1 N–H and O–H groups in total. The summed E-state index contributed by atoms with van der Waals surface area (Å²) >= 11 is 0. The lowest BCUT2D eigenvalue weighted by Crippen LogP contribution is -2.12. The zero-order valence-corrected chi connectivity index (χ0v) is 14.3. The van der Waals surface area contributed by atoms with Gasteiger partial charge >= 0.3 is 0 Å². The summed E-state index contributed by atoms with van der Waals surface area (Å²) in [6.45, 7) is 3.98. The minimum atomic E-state index is -3.11. The van der Waals surface area contributed by atoms with E-state index in [2.05, 4.69) is 5.32 Å². The molecule has 1 rings (SSSR count). The van der Waals surface area contributed by atoms with Gasteiger partial charge in [-0.25, -0.2) is 8.42 Å². The standard InChI is InChI=1S/C16H23NO4S/c1-12(2)6-5-7-16(18)17-14-9-8-13(10-15(14)21-3)11-22(4,19)20/h6,8-10H,5,7,11H2,1-4H3,(H,17,18). The second-order valence-electron chi connectivity index (χ2n) is 5.47. The number of benzene rings is 1. The number of nitrogens with one attached hydrogen (secondary N) is 1. The van der Waals surface area contributed by atoms with Gasteiger partial charge in [0.2, 0.25) is 5.91 Å². The highest BCUT2D eigenvalue weighted by molar-refractivity contribution is 7.89. The molecule has 0 radical (unpaired) electrons. The first-order chi connectivity index (χ1) is 10.2. The van der Waals surface area contributed by atoms with E-state index in [-0.39, 0.29) is 11.7 Å². The van der Waals surface area contributed by atoms with Crippen LogP contribution >= 0.6 is 0 Å². The first kappa shape index (κ1) is 18.2. The number of allylic oxidation sites excluding steroid dienone is 2. The highest BCUT2D eigenvalue weighted by Crippen LogP contribution is 2.26. The van der Waals surface area contributed by atoms with E-state index in [1.165, 1.54) is 18.9 Å². The van der Waals surface area contributed by atoms with Gasteiger partial charge in [0.05, 0.1) is 18.6 Å². The molecule has 122 valence electrons. The zero-order chi connectivity index (χ0) is 16.8. The van der Waals surface area contributed by atoms with Crippen LogP contribution in [0.2, 0.25) is 0 Å². The molecule has 0 aliphatic carbocycles. The lowest BCUT2D eigenvalue weighted by atomic mass is 10.2. The molecule has 0 atom stereocenters. The van der Waals surface area contributed by atoms with Crippen LogP contribution in [0.3, 0.4) is 0 Å². The van der Waals surface area contributed by atoms with E-state index in [1.54, 1.807) is 18.2 Å². The number of amides is 1. The van der Waals surface area contributed by atoms with Gasteiger partial charge in [-0.3, -0.25) is 4.79 Å². The van der Waals surface area contributed by atoms with Crippen molar-refractivity contribution >= 4 is 21.4 Å². The molecule has 1 amide bonds. The minimum Gasteiger partial charge on any atom is -0.495 e. The summed E-state index contributed by atoms with van der Waals surface area (Å²) in [4.78, 5) is 11.9. The Morgan fingerprint density at radius 2 is 2.00 bits per heavy atom. The largest absolute Gasteiger partial charge is 0.495 e. The smallest absolute Gasteiger partial charge is 0.224 e. The third kappa shape index (κ3) is 6.76. The Balaban J connectivity index is 2.78. The Morgan fingerprint density at radius 3 is 2.55 bits per heavy atom. The first-order valence-electron chi connectivity index (χ1n) is 6.99. The number of methoxy groups -OCH3 is 1. The fraction of sp³-hybridized carbons (Fsp3) is 0.438. The third-order valence-corrected chi connectivity index (χ3v) is 3.75. The van der Waals surface area contributed by atoms with Crippen LogP contribution in [0.4, 0.5) is 5.69 Å². The lowest BCUT2D eigenvalue weighted by molar-refractivity contribution is -0.116. The van der Waals surface area contributed by atoms with E-state index in [0.29, 0.717) is 29.8 Å². The fourth-order valence-electron chi connectivity index (χ4n) is 1.94. The third-order valence-electron chi connectivity index (χ3n) is 2.89. The number of hydrogen-bond donors (Lipinski definition) is 1. The van der Waals surface area contributed by atoms with Gasteiger partial charge in [-0.1, -0.05) is 17.7 Å². The van der Waals surface area contributed by atoms with E-state index in [0.717, 1.165) is 0 Å². The van der Waals surface area contributed by atoms with E-state index >= 15 is 0 Å². The molecule has 0 aliphatic rings. The maximum absolute atomic E-state index is 11.9. The summed E-state index contributed by atoms with van der Waals surface area (Å²) in [5.74, 6) is 0.293. The normalized spacial score (nSPS) is 10.9. The van der Waals surface area contributed by atoms with Crippen LogP contribution < -0.4 is 10.1 Å². The summed E-state index contributed by atoms with van der Waals surface area (Å²) in [7, 11) is -1.62. The maximum Gasteiger partial charge on any atom is 0.224 e.